The van der Waals surface area contributed by atoms with Crippen LogP contribution in [0, 0.1) is 0 Å². The molecule has 2 aromatic carbocycles. The van der Waals surface area contributed by atoms with E-state index in [0.29, 0.717) is 5.02 Å². The van der Waals surface area contributed by atoms with Crippen LogP contribution in [0.5, 0.6) is 11.5 Å². The molecule has 0 amide bonds. The molecule has 0 aliphatic rings. The van der Waals surface area contributed by atoms with Crippen molar-refractivity contribution in [2.75, 3.05) is 7.05 Å². The van der Waals surface area contributed by atoms with E-state index in [-0.39, 0.29) is 6.04 Å². The molecule has 0 bridgehead atoms. The summed E-state index contributed by atoms with van der Waals surface area (Å²) in [5, 5.41) is 3.89. The molecule has 94 valence electrons. The van der Waals surface area contributed by atoms with Crippen LogP contribution in [-0.4, -0.2) is 7.05 Å². The minimum Gasteiger partial charge on any atom is -0.457 e. The summed E-state index contributed by atoms with van der Waals surface area (Å²) in [6.07, 6.45) is 0. The highest BCUT2D eigenvalue weighted by molar-refractivity contribution is 6.30. The third-order valence-corrected chi connectivity index (χ3v) is 3.08. The van der Waals surface area contributed by atoms with Crippen LogP contribution >= 0.6 is 11.6 Å². The first-order valence-electron chi connectivity index (χ1n) is 5.90. The Balaban J connectivity index is 2.29. The lowest BCUT2D eigenvalue weighted by Crippen LogP contribution is -2.13. The first kappa shape index (κ1) is 12.9. The van der Waals surface area contributed by atoms with Crippen LogP contribution in [0.25, 0.3) is 0 Å². The van der Waals surface area contributed by atoms with E-state index in [1.165, 1.54) is 0 Å². The predicted molar refractivity (Wildman–Crippen MR) is 75.4 cm³/mol. The minimum absolute atomic E-state index is 0.236. The van der Waals surface area contributed by atoms with Gasteiger partial charge in [0.2, 0.25) is 0 Å². The van der Waals surface area contributed by atoms with Crippen LogP contribution in [0.3, 0.4) is 0 Å². The van der Waals surface area contributed by atoms with Crippen LogP contribution in [-0.2, 0) is 0 Å². The Hall–Kier alpha value is -1.51. The van der Waals surface area contributed by atoms with Crippen molar-refractivity contribution in [2.45, 2.75) is 13.0 Å². The number of hydrogen-bond donors (Lipinski definition) is 1. The topological polar surface area (TPSA) is 21.3 Å². The van der Waals surface area contributed by atoms with Gasteiger partial charge in [-0.15, -0.1) is 0 Å². The van der Waals surface area contributed by atoms with Gasteiger partial charge in [-0.1, -0.05) is 35.9 Å². The van der Waals surface area contributed by atoms with Crippen molar-refractivity contribution in [1.82, 2.24) is 5.32 Å². The van der Waals surface area contributed by atoms with Crippen molar-refractivity contribution in [1.29, 1.82) is 0 Å². The highest BCUT2D eigenvalue weighted by Gasteiger charge is 2.09. The minimum atomic E-state index is 0.236. The molecule has 0 saturated heterocycles. The Morgan fingerprint density at radius 2 is 1.89 bits per heavy atom. The maximum Gasteiger partial charge on any atom is 0.132 e. The summed E-state index contributed by atoms with van der Waals surface area (Å²) >= 11 is 5.95. The van der Waals surface area contributed by atoms with Crippen molar-refractivity contribution < 1.29 is 4.74 Å². The molecule has 0 fully saturated rings. The summed E-state index contributed by atoms with van der Waals surface area (Å²) < 4.78 is 5.89. The number of rotatable bonds is 4. The third kappa shape index (κ3) is 3.03. The van der Waals surface area contributed by atoms with Crippen LogP contribution in [0.2, 0.25) is 5.02 Å². The first-order valence-corrected chi connectivity index (χ1v) is 6.28. The van der Waals surface area contributed by atoms with E-state index in [0.717, 1.165) is 17.1 Å². The van der Waals surface area contributed by atoms with Crippen molar-refractivity contribution in [2.24, 2.45) is 0 Å². The van der Waals surface area contributed by atoms with E-state index < -0.39 is 0 Å². The second-order valence-electron chi connectivity index (χ2n) is 4.11. The van der Waals surface area contributed by atoms with Crippen molar-refractivity contribution in [3.05, 3.63) is 59.1 Å². The Labute approximate surface area is 113 Å². The van der Waals surface area contributed by atoms with Gasteiger partial charge in [0.05, 0.1) is 0 Å². The predicted octanol–water partition coefficient (Wildman–Crippen LogP) is 4.41. The number of para-hydroxylation sites is 1. The molecule has 0 aliphatic carbocycles. The molecule has 18 heavy (non-hydrogen) atoms. The van der Waals surface area contributed by atoms with Gasteiger partial charge in [-0.25, -0.2) is 0 Å². The molecule has 1 atom stereocenters. The van der Waals surface area contributed by atoms with Crippen molar-refractivity contribution in [3.8, 4) is 11.5 Å². The SMILES string of the molecule is CN[C@H](C)c1ccccc1Oc1cccc(Cl)c1. The van der Waals surface area contributed by atoms with Crippen molar-refractivity contribution >= 4 is 11.6 Å². The van der Waals surface area contributed by atoms with E-state index in [4.69, 9.17) is 16.3 Å². The lowest BCUT2D eigenvalue weighted by molar-refractivity contribution is 0.466. The van der Waals surface area contributed by atoms with Crippen LogP contribution in [0.4, 0.5) is 0 Å². The third-order valence-electron chi connectivity index (χ3n) is 2.84. The number of benzene rings is 2. The molecule has 0 unspecified atom stereocenters. The fourth-order valence-corrected chi connectivity index (χ4v) is 1.92. The number of halogens is 1. The van der Waals surface area contributed by atoms with Crippen LogP contribution in [0.1, 0.15) is 18.5 Å². The van der Waals surface area contributed by atoms with Crippen molar-refractivity contribution in [3.63, 3.8) is 0 Å². The van der Waals surface area contributed by atoms with Gasteiger partial charge in [0.15, 0.2) is 0 Å². The number of ether oxygens (including phenoxy) is 1. The molecule has 0 saturated carbocycles. The zero-order chi connectivity index (χ0) is 13.0. The molecule has 2 rings (SSSR count). The Kier molecular flexibility index (Phi) is 4.24. The maximum atomic E-state index is 5.95. The van der Waals surface area contributed by atoms with E-state index >= 15 is 0 Å². The average Bonchev–Trinajstić information content (AvgIpc) is 2.38. The monoisotopic (exact) mass is 261 g/mol. The smallest absolute Gasteiger partial charge is 0.132 e. The first-order chi connectivity index (χ1) is 8.70. The van der Waals surface area contributed by atoms with Gasteiger partial charge in [0.25, 0.3) is 0 Å². The molecule has 3 heteroatoms. The summed E-state index contributed by atoms with van der Waals surface area (Å²) in [6.45, 7) is 2.10. The van der Waals surface area contributed by atoms with E-state index in [1.54, 1.807) is 0 Å². The number of hydrogen-bond acceptors (Lipinski definition) is 2. The lowest BCUT2D eigenvalue weighted by atomic mass is 10.1. The van der Waals surface area contributed by atoms with Crippen LogP contribution < -0.4 is 10.1 Å². The van der Waals surface area contributed by atoms with E-state index in [9.17, 15) is 0 Å². The second-order valence-corrected chi connectivity index (χ2v) is 4.54. The van der Waals surface area contributed by atoms with Gasteiger partial charge >= 0.3 is 0 Å². The van der Waals surface area contributed by atoms with Gasteiger partial charge in [0.1, 0.15) is 11.5 Å². The fraction of sp³-hybridized carbons (Fsp3) is 0.200. The Bertz CT molecular complexity index is 527. The maximum absolute atomic E-state index is 5.95. The largest absolute Gasteiger partial charge is 0.457 e. The van der Waals surface area contributed by atoms with Gasteiger partial charge in [-0.2, -0.15) is 0 Å². The highest BCUT2D eigenvalue weighted by Crippen LogP contribution is 2.30. The molecule has 0 radical (unpaired) electrons. The van der Waals surface area contributed by atoms with Crippen LogP contribution in [0.15, 0.2) is 48.5 Å². The molecule has 2 aromatic rings. The van der Waals surface area contributed by atoms with E-state index in [2.05, 4.69) is 18.3 Å². The Morgan fingerprint density at radius 1 is 1.11 bits per heavy atom. The van der Waals surface area contributed by atoms with Gasteiger partial charge in [-0.3, -0.25) is 0 Å². The standard InChI is InChI=1S/C15H16ClNO/c1-11(17-2)14-8-3-4-9-15(14)18-13-7-5-6-12(16)10-13/h3-11,17H,1-2H3/t11-/m1/s1. The molecule has 0 aliphatic heterocycles. The summed E-state index contributed by atoms with van der Waals surface area (Å²) in [6, 6.07) is 15.6. The fourth-order valence-electron chi connectivity index (χ4n) is 1.74. The highest BCUT2D eigenvalue weighted by atomic mass is 35.5. The molecule has 0 aromatic heterocycles. The average molecular weight is 262 g/mol. The molecule has 2 nitrogen and oxygen atoms in total. The van der Waals surface area contributed by atoms with Gasteiger partial charge in [-0.05, 0) is 38.2 Å². The zero-order valence-corrected chi connectivity index (χ0v) is 11.2. The van der Waals surface area contributed by atoms with Gasteiger partial charge < -0.3 is 10.1 Å². The molecule has 0 heterocycles. The summed E-state index contributed by atoms with van der Waals surface area (Å²) in [5.41, 5.74) is 1.12. The molecular weight excluding hydrogens is 246 g/mol. The van der Waals surface area contributed by atoms with Gasteiger partial charge in [0, 0.05) is 16.6 Å². The second kappa shape index (κ2) is 5.89. The quantitative estimate of drug-likeness (QED) is 0.880. The molecular formula is C15H16ClNO. The number of nitrogens with one attached hydrogen (secondary N) is 1. The summed E-state index contributed by atoms with van der Waals surface area (Å²) in [7, 11) is 1.93. The molecule has 0 spiro atoms. The van der Waals surface area contributed by atoms with E-state index in [1.807, 2.05) is 49.5 Å². The molecule has 1 N–H and O–H groups in total. The normalized spacial score (nSPS) is 12.2. The Morgan fingerprint density at radius 3 is 2.61 bits per heavy atom. The summed E-state index contributed by atoms with van der Waals surface area (Å²) in [5.74, 6) is 1.60. The summed E-state index contributed by atoms with van der Waals surface area (Å²) in [4.78, 5) is 0. The lowest BCUT2D eigenvalue weighted by Gasteiger charge is -2.16. The zero-order valence-electron chi connectivity index (χ0n) is 10.5.